The van der Waals surface area contributed by atoms with Crippen molar-refractivity contribution in [2.24, 2.45) is 7.05 Å². The number of aryl methyl sites for hydroxylation is 1. The van der Waals surface area contributed by atoms with Gasteiger partial charge in [-0.05, 0) is 18.2 Å². The molecule has 0 aliphatic rings. The number of aromatic amines is 1. The van der Waals surface area contributed by atoms with Crippen molar-refractivity contribution in [2.75, 3.05) is 0 Å². The third kappa shape index (κ3) is 1.76. The Morgan fingerprint density at radius 3 is 2.71 bits per heavy atom. The zero-order chi connectivity index (χ0) is 14.4. The van der Waals surface area contributed by atoms with Gasteiger partial charge in [-0.2, -0.15) is 0 Å². The van der Waals surface area contributed by atoms with E-state index in [1.807, 2.05) is 66.3 Å². The smallest absolute Gasteiger partial charge is 0.230 e. The Hall–Kier alpha value is -2.88. The molecule has 0 atom stereocenters. The molecule has 1 N–H and O–H groups in total. The van der Waals surface area contributed by atoms with Gasteiger partial charge < -0.3 is 9.55 Å². The summed E-state index contributed by atoms with van der Waals surface area (Å²) in [5.41, 5.74) is 3.39. The predicted molar refractivity (Wildman–Crippen MR) is 82.4 cm³/mol. The summed E-state index contributed by atoms with van der Waals surface area (Å²) in [5, 5.41) is 0.949. The van der Waals surface area contributed by atoms with E-state index in [4.69, 9.17) is 0 Å². The van der Waals surface area contributed by atoms with Crippen LogP contribution in [0.15, 0.2) is 54.7 Å². The summed E-state index contributed by atoms with van der Waals surface area (Å²) in [4.78, 5) is 20.2. The van der Waals surface area contributed by atoms with Crippen LogP contribution in [0.3, 0.4) is 0 Å². The second-order valence-corrected chi connectivity index (χ2v) is 5.10. The highest BCUT2D eigenvalue weighted by atomic mass is 16.1. The summed E-state index contributed by atoms with van der Waals surface area (Å²) >= 11 is 0. The van der Waals surface area contributed by atoms with E-state index in [1.165, 1.54) is 0 Å². The van der Waals surface area contributed by atoms with Crippen LogP contribution in [0.25, 0.3) is 21.9 Å². The average molecular weight is 275 g/mol. The Labute approximate surface area is 121 Å². The molecule has 0 aliphatic heterocycles. The number of aromatic nitrogens is 3. The fraction of sp³-hybridized carbons (Fsp3) is 0.0588. The molecule has 2 heterocycles. The minimum atomic E-state index is -0.0806. The highest BCUT2D eigenvalue weighted by molar-refractivity contribution is 6.15. The number of H-pyrrole nitrogens is 1. The molecule has 4 nitrogen and oxygen atoms in total. The number of para-hydroxylation sites is 3. The van der Waals surface area contributed by atoms with Crippen molar-refractivity contribution in [1.82, 2.24) is 14.5 Å². The number of carbonyl (C=O) groups is 1. The lowest BCUT2D eigenvalue weighted by atomic mass is 10.1. The molecule has 21 heavy (non-hydrogen) atoms. The van der Waals surface area contributed by atoms with E-state index in [-0.39, 0.29) is 5.78 Å². The number of nitrogens with zero attached hydrogens (tertiary/aromatic N) is 2. The van der Waals surface area contributed by atoms with Gasteiger partial charge in [-0.15, -0.1) is 0 Å². The SMILES string of the molecule is Cn1cc(C(=O)c2nc3ccccc3[nH]2)c2ccccc21. The van der Waals surface area contributed by atoms with Gasteiger partial charge in [0.15, 0.2) is 5.82 Å². The van der Waals surface area contributed by atoms with Crippen molar-refractivity contribution < 1.29 is 4.79 Å². The number of benzene rings is 2. The molecule has 0 saturated carbocycles. The Balaban J connectivity index is 1.90. The van der Waals surface area contributed by atoms with Crippen LogP contribution in [0.4, 0.5) is 0 Å². The second kappa shape index (κ2) is 4.31. The van der Waals surface area contributed by atoms with E-state index in [9.17, 15) is 4.79 Å². The average Bonchev–Trinajstić information content (AvgIpc) is 3.09. The van der Waals surface area contributed by atoms with E-state index < -0.39 is 0 Å². The Kier molecular flexibility index (Phi) is 2.44. The number of imidazole rings is 1. The maximum atomic E-state index is 12.7. The van der Waals surface area contributed by atoms with Crippen LogP contribution >= 0.6 is 0 Å². The van der Waals surface area contributed by atoms with Crippen molar-refractivity contribution in [3.63, 3.8) is 0 Å². The van der Waals surface area contributed by atoms with E-state index in [1.54, 1.807) is 0 Å². The van der Waals surface area contributed by atoms with Crippen LogP contribution in [0, 0.1) is 0 Å². The summed E-state index contributed by atoms with van der Waals surface area (Å²) in [6.07, 6.45) is 1.86. The number of hydrogen-bond acceptors (Lipinski definition) is 2. The van der Waals surface area contributed by atoms with E-state index in [0.717, 1.165) is 21.9 Å². The number of rotatable bonds is 2. The minimum Gasteiger partial charge on any atom is -0.350 e. The molecule has 0 amide bonds. The predicted octanol–water partition coefficient (Wildman–Crippen LogP) is 3.29. The van der Waals surface area contributed by atoms with E-state index in [2.05, 4.69) is 9.97 Å². The van der Waals surface area contributed by atoms with Gasteiger partial charge in [0.1, 0.15) is 0 Å². The van der Waals surface area contributed by atoms with Crippen molar-refractivity contribution in [2.45, 2.75) is 0 Å². The Bertz CT molecular complexity index is 945. The van der Waals surface area contributed by atoms with Gasteiger partial charge in [0.2, 0.25) is 5.78 Å². The summed E-state index contributed by atoms with van der Waals surface area (Å²) in [6, 6.07) is 15.5. The molecule has 0 aliphatic carbocycles. The standard InChI is InChI=1S/C17H13N3O/c1-20-10-12(11-6-2-5-9-15(11)20)16(21)17-18-13-7-3-4-8-14(13)19-17/h2-10H,1H3,(H,18,19). The van der Waals surface area contributed by atoms with Gasteiger partial charge in [-0.3, -0.25) is 4.79 Å². The number of nitrogens with one attached hydrogen (secondary N) is 1. The Morgan fingerprint density at radius 1 is 1.10 bits per heavy atom. The second-order valence-electron chi connectivity index (χ2n) is 5.10. The zero-order valence-electron chi connectivity index (χ0n) is 11.5. The van der Waals surface area contributed by atoms with Crippen molar-refractivity contribution in [3.8, 4) is 0 Å². The van der Waals surface area contributed by atoms with Crippen molar-refractivity contribution in [3.05, 3.63) is 66.1 Å². The molecule has 4 heteroatoms. The molecular weight excluding hydrogens is 262 g/mol. The molecule has 102 valence electrons. The number of ketones is 1. The molecule has 0 fully saturated rings. The first-order chi connectivity index (χ1) is 10.2. The lowest BCUT2D eigenvalue weighted by Crippen LogP contribution is -2.02. The van der Waals surface area contributed by atoms with Gasteiger partial charge in [-0.25, -0.2) is 4.98 Å². The molecule has 4 rings (SSSR count). The third-order valence-corrected chi connectivity index (χ3v) is 3.75. The molecule has 4 aromatic rings. The van der Waals surface area contributed by atoms with Gasteiger partial charge >= 0.3 is 0 Å². The lowest BCUT2D eigenvalue weighted by Gasteiger charge is -1.95. The summed E-state index contributed by atoms with van der Waals surface area (Å²) < 4.78 is 1.96. The number of hydrogen-bond donors (Lipinski definition) is 1. The van der Waals surface area contributed by atoms with Crippen LogP contribution in [0.1, 0.15) is 16.2 Å². The molecule has 0 unspecified atom stereocenters. The maximum absolute atomic E-state index is 12.7. The van der Waals surface area contributed by atoms with Crippen LogP contribution in [-0.4, -0.2) is 20.3 Å². The first kappa shape index (κ1) is 11.9. The normalized spacial score (nSPS) is 11.3. The first-order valence-corrected chi connectivity index (χ1v) is 6.77. The highest BCUT2D eigenvalue weighted by Gasteiger charge is 2.18. The van der Waals surface area contributed by atoms with Gasteiger partial charge in [-0.1, -0.05) is 30.3 Å². The molecular formula is C17H13N3O. The van der Waals surface area contributed by atoms with Gasteiger partial charge in [0.05, 0.1) is 16.6 Å². The van der Waals surface area contributed by atoms with Gasteiger partial charge in [0.25, 0.3) is 0 Å². The van der Waals surface area contributed by atoms with Crippen LogP contribution < -0.4 is 0 Å². The van der Waals surface area contributed by atoms with Gasteiger partial charge in [0, 0.05) is 24.1 Å². The fourth-order valence-electron chi connectivity index (χ4n) is 2.71. The summed E-state index contributed by atoms with van der Waals surface area (Å²) in [5.74, 6) is 0.301. The van der Waals surface area contributed by atoms with E-state index >= 15 is 0 Å². The quantitative estimate of drug-likeness (QED) is 0.571. The molecule has 0 bridgehead atoms. The molecule has 0 radical (unpaired) electrons. The minimum absolute atomic E-state index is 0.0806. The van der Waals surface area contributed by atoms with Crippen molar-refractivity contribution >= 4 is 27.7 Å². The zero-order valence-corrected chi connectivity index (χ0v) is 11.5. The summed E-state index contributed by atoms with van der Waals surface area (Å²) in [7, 11) is 1.94. The van der Waals surface area contributed by atoms with Crippen LogP contribution in [0.2, 0.25) is 0 Å². The summed E-state index contributed by atoms with van der Waals surface area (Å²) in [6.45, 7) is 0. The number of carbonyl (C=O) groups excluding carboxylic acids is 1. The van der Waals surface area contributed by atoms with Crippen LogP contribution in [0.5, 0.6) is 0 Å². The molecule has 0 saturated heterocycles. The first-order valence-electron chi connectivity index (χ1n) is 6.77. The Morgan fingerprint density at radius 2 is 1.86 bits per heavy atom. The topological polar surface area (TPSA) is 50.7 Å². The van der Waals surface area contributed by atoms with Crippen LogP contribution in [-0.2, 0) is 7.05 Å². The highest BCUT2D eigenvalue weighted by Crippen LogP contribution is 2.23. The maximum Gasteiger partial charge on any atom is 0.230 e. The number of fused-ring (bicyclic) bond motifs is 2. The largest absolute Gasteiger partial charge is 0.350 e. The molecule has 2 aromatic carbocycles. The van der Waals surface area contributed by atoms with Crippen molar-refractivity contribution in [1.29, 1.82) is 0 Å². The lowest BCUT2D eigenvalue weighted by molar-refractivity contribution is 0.103. The monoisotopic (exact) mass is 275 g/mol. The molecule has 0 spiro atoms. The molecule has 2 aromatic heterocycles. The van der Waals surface area contributed by atoms with E-state index in [0.29, 0.717) is 11.4 Å². The third-order valence-electron chi connectivity index (χ3n) is 3.75. The fourth-order valence-corrected chi connectivity index (χ4v) is 2.71.